The van der Waals surface area contributed by atoms with Crippen LogP contribution in [0.3, 0.4) is 0 Å². The summed E-state index contributed by atoms with van der Waals surface area (Å²) in [5.74, 6) is 0. The highest BCUT2D eigenvalue weighted by molar-refractivity contribution is 9.07. The molecule has 4 heteroatoms. The minimum atomic E-state index is -0.264. The summed E-state index contributed by atoms with van der Waals surface area (Å²) >= 11 is 3.16. The SMILES string of the molecule is NC1N=CC=CN1Br. The molecule has 0 amide bonds. The molecule has 1 atom stereocenters. The largest absolute Gasteiger partial charge is 0.292 e. The number of rotatable bonds is 0. The third kappa shape index (κ3) is 1.08. The smallest absolute Gasteiger partial charge is 0.182 e. The molecule has 0 saturated carbocycles. The maximum absolute atomic E-state index is 5.41. The number of allylic oxidation sites excluding steroid dienone is 1. The van der Waals surface area contributed by atoms with E-state index in [1.807, 2.05) is 0 Å². The van der Waals surface area contributed by atoms with Gasteiger partial charge in [0.15, 0.2) is 6.29 Å². The Kier molecular flexibility index (Phi) is 1.65. The third-order valence-electron chi connectivity index (χ3n) is 0.806. The number of halogens is 1. The van der Waals surface area contributed by atoms with Gasteiger partial charge in [-0.25, -0.2) is 0 Å². The van der Waals surface area contributed by atoms with Gasteiger partial charge < -0.3 is 0 Å². The maximum Gasteiger partial charge on any atom is 0.182 e. The molecule has 1 unspecified atom stereocenters. The van der Waals surface area contributed by atoms with Gasteiger partial charge in [0.1, 0.15) is 0 Å². The summed E-state index contributed by atoms with van der Waals surface area (Å²) in [6.45, 7) is 0. The molecule has 0 aromatic rings. The highest BCUT2D eigenvalue weighted by Crippen LogP contribution is 2.05. The zero-order valence-electron chi connectivity index (χ0n) is 4.16. The molecule has 1 aliphatic heterocycles. The maximum atomic E-state index is 5.41. The van der Waals surface area contributed by atoms with Crippen molar-refractivity contribution >= 4 is 22.4 Å². The fourth-order valence-corrected chi connectivity index (χ4v) is 0.653. The molecule has 0 bridgehead atoms. The molecule has 44 valence electrons. The minimum Gasteiger partial charge on any atom is -0.292 e. The normalized spacial score (nSPS) is 26.8. The Balaban J connectivity index is 2.59. The molecular weight excluding hydrogens is 170 g/mol. The summed E-state index contributed by atoms with van der Waals surface area (Å²) in [6.07, 6.45) is 5.01. The van der Waals surface area contributed by atoms with Gasteiger partial charge in [0.25, 0.3) is 0 Å². The topological polar surface area (TPSA) is 41.6 Å². The van der Waals surface area contributed by atoms with Crippen molar-refractivity contribution in [2.24, 2.45) is 10.7 Å². The van der Waals surface area contributed by atoms with Crippen LogP contribution in [0.4, 0.5) is 0 Å². The monoisotopic (exact) mass is 175 g/mol. The predicted molar refractivity (Wildman–Crippen MR) is 36.4 cm³/mol. The second-order valence-electron chi connectivity index (χ2n) is 1.40. The Morgan fingerprint density at radius 2 is 2.50 bits per heavy atom. The molecule has 0 aromatic heterocycles. The molecule has 1 aliphatic rings. The van der Waals surface area contributed by atoms with Gasteiger partial charge in [0, 0.05) is 12.4 Å². The van der Waals surface area contributed by atoms with Crippen molar-refractivity contribution in [3.05, 3.63) is 12.3 Å². The summed E-state index contributed by atoms with van der Waals surface area (Å²) in [5, 5.41) is 0. The summed E-state index contributed by atoms with van der Waals surface area (Å²) < 4.78 is 1.65. The van der Waals surface area contributed by atoms with Crippen LogP contribution in [-0.4, -0.2) is 16.4 Å². The zero-order chi connectivity index (χ0) is 5.98. The minimum absolute atomic E-state index is 0.264. The van der Waals surface area contributed by atoms with Crippen LogP contribution >= 0.6 is 16.1 Å². The molecule has 0 spiro atoms. The molecule has 0 fully saturated rings. The lowest BCUT2D eigenvalue weighted by Gasteiger charge is -2.17. The summed E-state index contributed by atoms with van der Waals surface area (Å²) in [5.41, 5.74) is 5.41. The molecule has 0 aromatic carbocycles. The highest BCUT2D eigenvalue weighted by Gasteiger charge is 2.04. The Morgan fingerprint density at radius 1 is 1.75 bits per heavy atom. The number of aliphatic imine (C=N–C) groups is 1. The lowest BCUT2D eigenvalue weighted by molar-refractivity contribution is 0.482. The van der Waals surface area contributed by atoms with Gasteiger partial charge in [-0.15, -0.1) is 0 Å². The molecule has 3 nitrogen and oxygen atoms in total. The van der Waals surface area contributed by atoms with E-state index in [0.29, 0.717) is 0 Å². The summed E-state index contributed by atoms with van der Waals surface area (Å²) in [4.78, 5) is 3.86. The second kappa shape index (κ2) is 2.28. The second-order valence-corrected chi connectivity index (χ2v) is 2.22. The van der Waals surface area contributed by atoms with Crippen molar-refractivity contribution in [3.8, 4) is 0 Å². The average molecular weight is 176 g/mol. The predicted octanol–water partition coefficient (Wildman–Crippen LogP) is 0.439. The van der Waals surface area contributed by atoms with E-state index in [1.54, 1.807) is 22.4 Å². The van der Waals surface area contributed by atoms with E-state index in [1.165, 1.54) is 0 Å². The first-order valence-electron chi connectivity index (χ1n) is 2.20. The zero-order valence-corrected chi connectivity index (χ0v) is 5.75. The van der Waals surface area contributed by atoms with E-state index in [0.717, 1.165) is 0 Å². The summed E-state index contributed by atoms with van der Waals surface area (Å²) in [7, 11) is 0. The van der Waals surface area contributed by atoms with Gasteiger partial charge in [0.2, 0.25) is 0 Å². The molecule has 0 saturated heterocycles. The van der Waals surface area contributed by atoms with Crippen LogP contribution in [0.5, 0.6) is 0 Å². The number of hydrogen-bond donors (Lipinski definition) is 1. The quantitative estimate of drug-likeness (QED) is 0.544. The van der Waals surface area contributed by atoms with Crippen molar-refractivity contribution in [2.45, 2.75) is 6.29 Å². The van der Waals surface area contributed by atoms with Crippen LogP contribution in [-0.2, 0) is 0 Å². The van der Waals surface area contributed by atoms with E-state index < -0.39 is 0 Å². The van der Waals surface area contributed by atoms with Gasteiger partial charge in [-0.2, -0.15) is 0 Å². The van der Waals surface area contributed by atoms with Crippen molar-refractivity contribution in [1.29, 1.82) is 0 Å². The van der Waals surface area contributed by atoms with Crippen LogP contribution in [0.15, 0.2) is 17.3 Å². The first-order valence-corrected chi connectivity index (χ1v) is 2.91. The molecule has 8 heavy (non-hydrogen) atoms. The van der Waals surface area contributed by atoms with Crippen molar-refractivity contribution < 1.29 is 0 Å². The molecule has 0 aliphatic carbocycles. The van der Waals surface area contributed by atoms with Gasteiger partial charge >= 0.3 is 0 Å². The molecule has 2 N–H and O–H groups in total. The van der Waals surface area contributed by atoms with E-state index >= 15 is 0 Å². The van der Waals surface area contributed by atoms with Crippen LogP contribution in [0.2, 0.25) is 0 Å². The fraction of sp³-hybridized carbons (Fsp3) is 0.250. The summed E-state index contributed by atoms with van der Waals surface area (Å²) in [6, 6.07) is 0. The molecule has 1 heterocycles. The Hall–Kier alpha value is -0.350. The van der Waals surface area contributed by atoms with Crippen LogP contribution in [0.25, 0.3) is 0 Å². The Morgan fingerprint density at radius 3 is 2.88 bits per heavy atom. The van der Waals surface area contributed by atoms with Gasteiger partial charge in [-0.05, 0) is 6.08 Å². The van der Waals surface area contributed by atoms with Crippen LogP contribution in [0.1, 0.15) is 0 Å². The number of hydrogen-bond acceptors (Lipinski definition) is 3. The van der Waals surface area contributed by atoms with E-state index in [2.05, 4.69) is 21.1 Å². The first kappa shape index (κ1) is 5.78. The van der Waals surface area contributed by atoms with Gasteiger partial charge in [-0.1, -0.05) is 0 Å². The number of nitrogens with two attached hydrogens (primary N) is 1. The highest BCUT2D eigenvalue weighted by atomic mass is 79.9. The Bertz CT molecular complexity index is 115. The van der Waals surface area contributed by atoms with Crippen LogP contribution < -0.4 is 5.73 Å². The fourth-order valence-electron chi connectivity index (χ4n) is 0.410. The Labute approximate surface area is 56.2 Å². The standard InChI is InChI=1S/C4H6BrN3/c5-8-3-1-2-7-4(8)6/h1-4H,6H2. The number of nitrogens with zero attached hydrogens (tertiary/aromatic N) is 2. The first-order chi connectivity index (χ1) is 3.80. The lowest BCUT2D eigenvalue weighted by Crippen LogP contribution is -2.31. The molecule has 0 radical (unpaired) electrons. The third-order valence-corrected chi connectivity index (χ3v) is 1.46. The lowest BCUT2D eigenvalue weighted by atomic mass is 10.6. The van der Waals surface area contributed by atoms with Gasteiger partial charge in [0.05, 0.1) is 16.1 Å². The van der Waals surface area contributed by atoms with E-state index in [-0.39, 0.29) is 6.29 Å². The van der Waals surface area contributed by atoms with Crippen molar-refractivity contribution in [2.75, 3.05) is 0 Å². The average Bonchev–Trinajstić information content (AvgIpc) is 1.77. The van der Waals surface area contributed by atoms with E-state index in [4.69, 9.17) is 5.73 Å². The molecular formula is C4H6BrN3. The van der Waals surface area contributed by atoms with Gasteiger partial charge in [-0.3, -0.25) is 14.7 Å². The van der Waals surface area contributed by atoms with Crippen molar-refractivity contribution in [3.63, 3.8) is 0 Å². The van der Waals surface area contributed by atoms with E-state index in [9.17, 15) is 0 Å². The van der Waals surface area contributed by atoms with Crippen molar-refractivity contribution in [1.82, 2.24) is 3.93 Å². The molecule has 1 rings (SSSR count). The van der Waals surface area contributed by atoms with Crippen LogP contribution in [0, 0.1) is 0 Å².